The molecule has 0 saturated carbocycles. The van der Waals surface area contributed by atoms with Gasteiger partial charge in [-0.3, -0.25) is 14.8 Å². The Kier molecular flexibility index (Phi) is 5.03. The predicted octanol–water partition coefficient (Wildman–Crippen LogP) is 4.80. The van der Waals surface area contributed by atoms with E-state index in [-0.39, 0.29) is 5.91 Å². The maximum Gasteiger partial charge on any atom is 0.251 e. The molecule has 0 fully saturated rings. The maximum absolute atomic E-state index is 12.5. The van der Waals surface area contributed by atoms with Crippen LogP contribution in [0.5, 0.6) is 0 Å². The van der Waals surface area contributed by atoms with Crippen LogP contribution >= 0.6 is 11.3 Å². The van der Waals surface area contributed by atoms with Crippen LogP contribution in [0, 0.1) is 0 Å². The van der Waals surface area contributed by atoms with Crippen LogP contribution in [0.3, 0.4) is 0 Å². The molecule has 4 nitrogen and oxygen atoms in total. The number of hydrogen-bond acceptors (Lipinski definition) is 4. The normalized spacial score (nSPS) is 10.5. The third-order valence-corrected chi connectivity index (χ3v) is 4.92. The SMILES string of the molecule is O=C(NCc1nccnc1-c1ccsc1)c1ccc(-c2ccccc2)cc1. The van der Waals surface area contributed by atoms with Crippen LogP contribution in [0.2, 0.25) is 0 Å². The van der Waals surface area contributed by atoms with E-state index in [1.165, 1.54) is 0 Å². The first-order valence-electron chi connectivity index (χ1n) is 8.57. The fourth-order valence-corrected chi connectivity index (χ4v) is 3.49. The highest BCUT2D eigenvalue weighted by Crippen LogP contribution is 2.22. The number of amides is 1. The first kappa shape index (κ1) is 17.1. The first-order valence-corrected chi connectivity index (χ1v) is 9.52. The Bertz CT molecular complexity index is 1030. The average molecular weight is 371 g/mol. The molecule has 0 aliphatic rings. The van der Waals surface area contributed by atoms with E-state index >= 15 is 0 Å². The smallest absolute Gasteiger partial charge is 0.251 e. The Morgan fingerprint density at radius 3 is 2.33 bits per heavy atom. The van der Waals surface area contributed by atoms with Gasteiger partial charge < -0.3 is 5.32 Å². The standard InChI is InChI=1S/C22H17N3OS/c26-22(18-8-6-17(7-9-18)16-4-2-1-3-5-16)25-14-20-21(24-12-11-23-20)19-10-13-27-15-19/h1-13,15H,14H2,(H,25,26). The Balaban J connectivity index is 1.46. The van der Waals surface area contributed by atoms with Gasteiger partial charge in [0, 0.05) is 28.9 Å². The number of nitrogens with zero attached hydrogens (tertiary/aromatic N) is 2. The summed E-state index contributed by atoms with van der Waals surface area (Å²) in [6, 6.07) is 19.7. The summed E-state index contributed by atoms with van der Waals surface area (Å²) in [5.74, 6) is -0.128. The number of thiophene rings is 1. The highest BCUT2D eigenvalue weighted by atomic mass is 32.1. The molecule has 0 atom stereocenters. The maximum atomic E-state index is 12.5. The summed E-state index contributed by atoms with van der Waals surface area (Å²) in [5, 5.41) is 6.96. The van der Waals surface area contributed by atoms with Crippen molar-refractivity contribution in [2.45, 2.75) is 6.54 Å². The number of rotatable bonds is 5. The molecule has 2 aromatic carbocycles. The van der Waals surface area contributed by atoms with Gasteiger partial charge in [-0.15, -0.1) is 0 Å². The molecule has 1 N–H and O–H groups in total. The molecule has 4 rings (SSSR count). The summed E-state index contributed by atoms with van der Waals surface area (Å²) in [4.78, 5) is 21.3. The van der Waals surface area contributed by atoms with Gasteiger partial charge in [0.05, 0.1) is 17.9 Å². The van der Waals surface area contributed by atoms with Gasteiger partial charge in [-0.2, -0.15) is 11.3 Å². The molecule has 0 aliphatic carbocycles. The van der Waals surface area contributed by atoms with Crippen LogP contribution in [-0.2, 0) is 6.54 Å². The number of carbonyl (C=O) groups excluding carboxylic acids is 1. The zero-order valence-electron chi connectivity index (χ0n) is 14.5. The lowest BCUT2D eigenvalue weighted by Gasteiger charge is -2.09. The van der Waals surface area contributed by atoms with Crippen molar-refractivity contribution in [3.05, 3.63) is 95.1 Å². The monoisotopic (exact) mass is 371 g/mol. The van der Waals surface area contributed by atoms with Gasteiger partial charge in [0.15, 0.2) is 0 Å². The number of carbonyl (C=O) groups is 1. The molecule has 0 saturated heterocycles. The molecule has 0 unspecified atom stereocenters. The number of hydrogen-bond donors (Lipinski definition) is 1. The fraction of sp³-hybridized carbons (Fsp3) is 0.0455. The largest absolute Gasteiger partial charge is 0.346 e. The minimum atomic E-state index is -0.128. The zero-order chi connectivity index (χ0) is 18.5. The van der Waals surface area contributed by atoms with Gasteiger partial charge in [-0.1, -0.05) is 42.5 Å². The van der Waals surface area contributed by atoms with Crippen molar-refractivity contribution in [2.75, 3.05) is 0 Å². The Morgan fingerprint density at radius 1 is 0.852 bits per heavy atom. The van der Waals surface area contributed by atoms with Crippen molar-refractivity contribution in [3.8, 4) is 22.4 Å². The lowest BCUT2D eigenvalue weighted by Crippen LogP contribution is -2.23. The highest BCUT2D eigenvalue weighted by Gasteiger charge is 2.11. The third-order valence-electron chi connectivity index (χ3n) is 4.24. The summed E-state index contributed by atoms with van der Waals surface area (Å²) < 4.78 is 0. The first-order chi connectivity index (χ1) is 13.3. The minimum Gasteiger partial charge on any atom is -0.346 e. The van der Waals surface area contributed by atoms with Gasteiger partial charge in [-0.25, -0.2) is 0 Å². The van der Waals surface area contributed by atoms with Gasteiger partial charge in [0.1, 0.15) is 0 Å². The molecule has 132 valence electrons. The summed E-state index contributed by atoms with van der Waals surface area (Å²) in [6.07, 6.45) is 3.31. The molecule has 0 bridgehead atoms. The molecule has 4 aromatic rings. The Hall–Kier alpha value is -3.31. The lowest BCUT2D eigenvalue weighted by atomic mass is 10.0. The molecule has 0 radical (unpaired) electrons. The molecule has 0 aliphatic heterocycles. The zero-order valence-corrected chi connectivity index (χ0v) is 15.3. The van der Waals surface area contributed by atoms with E-state index in [1.54, 1.807) is 23.7 Å². The van der Waals surface area contributed by atoms with Crippen LogP contribution in [0.1, 0.15) is 16.1 Å². The summed E-state index contributed by atoms with van der Waals surface area (Å²) in [7, 11) is 0. The van der Waals surface area contributed by atoms with E-state index in [4.69, 9.17) is 0 Å². The van der Waals surface area contributed by atoms with Gasteiger partial charge >= 0.3 is 0 Å². The number of nitrogens with one attached hydrogen (secondary N) is 1. The van der Waals surface area contributed by atoms with E-state index in [0.29, 0.717) is 12.1 Å². The highest BCUT2D eigenvalue weighted by molar-refractivity contribution is 7.08. The Labute approximate surface area is 161 Å². The number of benzene rings is 2. The predicted molar refractivity (Wildman–Crippen MR) is 108 cm³/mol. The van der Waals surface area contributed by atoms with Crippen LogP contribution < -0.4 is 5.32 Å². The van der Waals surface area contributed by atoms with Crippen LogP contribution in [0.15, 0.2) is 83.8 Å². The van der Waals surface area contributed by atoms with Crippen molar-refractivity contribution in [3.63, 3.8) is 0 Å². The molecule has 2 heterocycles. The van der Waals surface area contributed by atoms with E-state index in [0.717, 1.165) is 28.1 Å². The average Bonchev–Trinajstić information content (AvgIpc) is 3.28. The van der Waals surface area contributed by atoms with Gasteiger partial charge in [0.25, 0.3) is 5.91 Å². The van der Waals surface area contributed by atoms with E-state index < -0.39 is 0 Å². The second-order valence-corrected chi connectivity index (χ2v) is 6.77. The van der Waals surface area contributed by atoms with Crippen LogP contribution in [0.4, 0.5) is 0 Å². The van der Waals surface area contributed by atoms with Crippen LogP contribution in [0.25, 0.3) is 22.4 Å². The van der Waals surface area contributed by atoms with Crippen molar-refractivity contribution >= 4 is 17.2 Å². The van der Waals surface area contributed by atoms with E-state index in [1.807, 2.05) is 59.3 Å². The molecule has 27 heavy (non-hydrogen) atoms. The third kappa shape index (κ3) is 3.93. The quantitative estimate of drug-likeness (QED) is 0.548. The van der Waals surface area contributed by atoms with Crippen LogP contribution in [-0.4, -0.2) is 15.9 Å². The molecule has 2 aromatic heterocycles. The fourth-order valence-electron chi connectivity index (χ4n) is 2.85. The summed E-state index contributed by atoms with van der Waals surface area (Å²) >= 11 is 1.61. The number of aromatic nitrogens is 2. The molecular weight excluding hydrogens is 354 g/mol. The van der Waals surface area contributed by atoms with Gasteiger partial charge in [0.2, 0.25) is 0 Å². The second-order valence-electron chi connectivity index (χ2n) is 5.99. The van der Waals surface area contributed by atoms with Crippen molar-refractivity contribution in [1.29, 1.82) is 0 Å². The van der Waals surface area contributed by atoms with E-state index in [9.17, 15) is 4.79 Å². The molecular formula is C22H17N3OS. The van der Waals surface area contributed by atoms with Crippen molar-refractivity contribution < 1.29 is 4.79 Å². The summed E-state index contributed by atoms with van der Waals surface area (Å²) in [6.45, 7) is 0.332. The molecule has 0 spiro atoms. The molecule has 1 amide bonds. The Morgan fingerprint density at radius 2 is 1.59 bits per heavy atom. The van der Waals surface area contributed by atoms with Crippen molar-refractivity contribution in [2.24, 2.45) is 0 Å². The lowest BCUT2D eigenvalue weighted by molar-refractivity contribution is 0.0950. The minimum absolute atomic E-state index is 0.128. The van der Waals surface area contributed by atoms with Crippen molar-refractivity contribution in [1.82, 2.24) is 15.3 Å². The van der Waals surface area contributed by atoms with E-state index in [2.05, 4.69) is 27.4 Å². The summed E-state index contributed by atoms with van der Waals surface area (Å²) in [5.41, 5.74) is 5.41. The van der Waals surface area contributed by atoms with Gasteiger partial charge in [-0.05, 0) is 34.7 Å². The second kappa shape index (κ2) is 7.93. The topological polar surface area (TPSA) is 54.9 Å². The molecule has 5 heteroatoms.